The third-order valence-corrected chi connectivity index (χ3v) is 2.67. The maximum Gasteiger partial charge on any atom is 2.00 e. The molecule has 0 bridgehead atoms. The van der Waals surface area contributed by atoms with Gasteiger partial charge in [-0.1, -0.05) is 62.5 Å². The quantitative estimate of drug-likeness (QED) is 0.149. The molecule has 32 heavy (non-hydrogen) atoms. The summed E-state index contributed by atoms with van der Waals surface area (Å²) in [6, 6.07) is 0. The Morgan fingerprint density at radius 3 is 0.656 bits per heavy atom. The minimum absolute atomic E-state index is 0. The second-order valence-electron chi connectivity index (χ2n) is 5.20. The summed E-state index contributed by atoms with van der Waals surface area (Å²) >= 11 is 4.23. The van der Waals surface area contributed by atoms with Crippen LogP contribution in [-0.2, 0) is 37.2 Å². The Labute approximate surface area is 282 Å². The van der Waals surface area contributed by atoms with Crippen LogP contribution in [0.5, 0.6) is 0 Å². The van der Waals surface area contributed by atoms with Gasteiger partial charge in [0, 0.05) is 0 Å². The summed E-state index contributed by atoms with van der Waals surface area (Å²) in [6.07, 6.45) is 30.0. The predicted octanol–water partition coefficient (Wildman–Crippen LogP) is 1.38. The van der Waals surface area contributed by atoms with E-state index in [4.69, 9.17) is 0 Å². The van der Waals surface area contributed by atoms with Crippen LogP contribution >= 0.6 is 19.4 Å². The van der Waals surface area contributed by atoms with E-state index in [9.17, 15) is 0 Å². The van der Waals surface area contributed by atoms with E-state index in [0.717, 1.165) is 12.8 Å². The van der Waals surface area contributed by atoms with Crippen molar-refractivity contribution in [1.82, 2.24) is 0 Å². The van der Waals surface area contributed by atoms with Crippen molar-refractivity contribution < 1.29 is 98.9 Å². The summed E-state index contributed by atoms with van der Waals surface area (Å²) in [6.45, 7) is 21.0. The van der Waals surface area contributed by atoms with Crippen molar-refractivity contribution in [2.24, 2.45) is 0 Å². The Balaban J connectivity index is -0.0000000297. The van der Waals surface area contributed by atoms with Crippen molar-refractivity contribution in [3.63, 3.8) is 0 Å². The fourth-order valence-electron chi connectivity index (χ4n) is 1.71. The first kappa shape index (κ1) is 59.8. The van der Waals surface area contributed by atoms with Crippen molar-refractivity contribution in [1.29, 1.82) is 0 Å². The fourth-order valence-corrected chi connectivity index (χ4v) is 1.71. The molecule has 188 valence electrons. The molecule has 6 heteroatoms. The van der Waals surface area contributed by atoms with Gasteiger partial charge in [-0.15, -0.1) is 0 Å². The van der Waals surface area contributed by atoms with Gasteiger partial charge in [0.2, 0.25) is 0 Å². The van der Waals surface area contributed by atoms with E-state index in [1.165, 1.54) is 51.4 Å². The van der Waals surface area contributed by atoms with Crippen molar-refractivity contribution in [3.05, 3.63) is 76.3 Å². The van der Waals surface area contributed by atoms with Crippen molar-refractivity contribution in [3.8, 4) is 0 Å². The van der Waals surface area contributed by atoms with Crippen LogP contribution in [0.1, 0.15) is 91.9 Å². The van der Waals surface area contributed by atoms with Gasteiger partial charge in [-0.2, -0.15) is 26.7 Å². The smallest absolute Gasteiger partial charge is 1.00 e. The van der Waals surface area contributed by atoms with Crippen LogP contribution < -0.4 is 61.7 Å². The number of halogens is 2. The molecular weight excluding hydrogens is 970 g/mol. The first-order chi connectivity index (χ1) is 13.8. The molecule has 0 spiro atoms. The largest absolute Gasteiger partial charge is 2.00 e. The summed E-state index contributed by atoms with van der Waals surface area (Å²) < 4.78 is 0. The Hall–Kier alpha value is 2.99. The van der Waals surface area contributed by atoms with Crippen LogP contribution in [0.2, 0.25) is 0 Å². The van der Waals surface area contributed by atoms with Gasteiger partial charge in [-0.3, -0.25) is 0 Å². The standard InChI is InChI=1S/2C8H12.2C3H7.2C2H5.2HI.2Li.2Pt/c2*1-2-4-6-8-7-5-3-1;2*1-3-2;2*1-2;;;;;;/h2*1-2,7-8H,3-6H2;2*1,3H2,2H3;2*1H2,2H3;2*1H;;;;/q;;4*-1;;;2*+1;2*+2/p-2/b2*2-1-,8-7?;;;;;;;;;;. The molecule has 0 unspecified atom stereocenters. The summed E-state index contributed by atoms with van der Waals surface area (Å²) in [5, 5.41) is 0. The molecule has 0 amide bonds. The third-order valence-electron chi connectivity index (χ3n) is 2.67. The van der Waals surface area contributed by atoms with Crippen molar-refractivity contribution in [2.45, 2.75) is 91.9 Å². The van der Waals surface area contributed by atoms with E-state index in [1.807, 2.05) is 13.8 Å². The Kier molecular flexibility index (Phi) is 157. The second-order valence-corrected chi connectivity index (χ2v) is 5.20. The average Bonchev–Trinajstić information content (AvgIpc) is 2.67. The monoisotopic (exact) mass is 1020 g/mol. The molecule has 0 heterocycles. The first-order valence-electron chi connectivity index (χ1n) is 10.5. The van der Waals surface area contributed by atoms with E-state index < -0.39 is 0 Å². The summed E-state index contributed by atoms with van der Waals surface area (Å²) in [5.41, 5.74) is 0. The zero-order valence-electron chi connectivity index (χ0n) is 21.9. The number of allylic oxidation sites excluding steroid dienone is 8. The van der Waals surface area contributed by atoms with Crippen LogP contribution in [0.15, 0.2) is 48.6 Å². The van der Waals surface area contributed by atoms with Gasteiger partial charge in [0.1, 0.15) is 0 Å². The molecule has 0 N–H and O–H groups in total. The summed E-state index contributed by atoms with van der Waals surface area (Å²) in [4.78, 5) is 0. The van der Waals surface area contributed by atoms with E-state index in [0.29, 0.717) is 0 Å². The molecule has 0 aromatic heterocycles. The minimum atomic E-state index is 0. The minimum Gasteiger partial charge on any atom is 1.00 e. The molecular formula is C26H48I2Li2Pt2. The molecule has 0 nitrogen and oxygen atoms in total. The number of hydrogen-bond acceptors (Lipinski definition) is 0. The molecule has 0 aromatic carbocycles. The topological polar surface area (TPSA) is 0 Å². The van der Waals surface area contributed by atoms with Gasteiger partial charge in [-0.05, 0) is 51.4 Å². The molecule has 2 aliphatic carbocycles. The van der Waals surface area contributed by atoms with Gasteiger partial charge in [0.15, 0.2) is 0 Å². The molecule has 0 atom stereocenters. The second kappa shape index (κ2) is 84.0. The Morgan fingerprint density at radius 1 is 0.531 bits per heavy atom. The third kappa shape index (κ3) is 93.6. The van der Waals surface area contributed by atoms with E-state index in [2.05, 4.69) is 112 Å². The molecule has 0 saturated carbocycles. The van der Waals surface area contributed by atoms with Gasteiger partial charge in [0.05, 0.1) is 0 Å². The van der Waals surface area contributed by atoms with Gasteiger partial charge in [-0.25, -0.2) is 0 Å². The fraction of sp³-hybridized carbons (Fsp3) is 0.538. The van der Waals surface area contributed by atoms with Gasteiger partial charge in [0.25, 0.3) is 0 Å². The van der Waals surface area contributed by atoms with Gasteiger partial charge >= 0.3 is 94.3 Å². The van der Waals surface area contributed by atoms with E-state index >= 15 is 0 Å². The van der Waals surface area contributed by atoms with E-state index in [1.54, 1.807) is 13.8 Å². The SMILES string of the molecule is C1=CCC/C=C\CC1.C1=CCC/C=C\CC1.[CH2-]C.[CH2-]C.[CH2-]CC.[CH2-]CC.[I-].[I][Pt+].[Li+].[Li+].[Pt+2]. The summed E-state index contributed by atoms with van der Waals surface area (Å²) in [5.74, 6) is 0. The zero-order valence-corrected chi connectivity index (χ0v) is 30.8. The molecule has 0 saturated heterocycles. The average molecular weight is 1020 g/mol. The normalized spacial score (nSPS) is 13.7. The molecule has 0 radical (unpaired) electrons. The molecule has 0 aromatic rings. The predicted molar refractivity (Wildman–Crippen MR) is 141 cm³/mol. The van der Waals surface area contributed by atoms with Crippen LogP contribution in [0.25, 0.3) is 0 Å². The zero-order chi connectivity index (χ0) is 22.7. The summed E-state index contributed by atoms with van der Waals surface area (Å²) in [7, 11) is 0. The number of rotatable bonds is 0. The van der Waals surface area contributed by atoms with E-state index in [-0.39, 0.29) is 82.8 Å². The molecule has 0 aliphatic heterocycles. The number of hydrogen-bond donors (Lipinski definition) is 0. The van der Waals surface area contributed by atoms with Crippen LogP contribution in [0.4, 0.5) is 0 Å². The van der Waals surface area contributed by atoms with Crippen LogP contribution in [0.3, 0.4) is 0 Å². The Morgan fingerprint density at radius 2 is 0.594 bits per heavy atom. The molecule has 2 rings (SSSR count). The molecule has 2 aliphatic rings. The maximum absolute atomic E-state index is 3.49. The van der Waals surface area contributed by atoms with Crippen molar-refractivity contribution in [2.75, 3.05) is 0 Å². The Bertz CT molecular complexity index is 228. The van der Waals surface area contributed by atoms with Crippen LogP contribution in [0, 0.1) is 27.7 Å². The maximum atomic E-state index is 3.49. The molecule has 0 fully saturated rings. The first-order valence-corrected chi connectivity index (χ1v) is 17.0. The van der Waals surface area contributed by atoms with Crippen molar-refractivity contribution >= 4 is 19.4 Å². The van der Waals surface area contributed by atoms with Crippen LogP contribution in [-0.4, -0.2) is 0 Å². The van der Waals surface area contributed by atoms with Gasteiger partial charge < -0.3 is 51.7 Å².